The Labute approximate surface area is 166 Å². The average molecular weight is 387 g/mol. The van der Waals surface area contributed by atoms with Crippen LogP contribution in [0.1, 0.15) is 16.7 Å². The van der Waals surface area contributed by atoms with E-state index in [0.717, 1.165) is 22.2 Å². The van der Waals surface area contributed by atoms with Gasteiger partial charge in [0.15, 0.2) is 5.58 Å². The minimum Gasteiger partial charge on any atom is -0.507 e. The summed E-state index contributed by atoms with van der Waals surface area (Å²) in [4.78, 5) is 19.4. The van der Waals surface area contributed by atoms with E-state index in [1.165, 1.54) is 24.4 Å². The molecule has 4 rings (SSSR count). The largest absolute Gasteiger partial charge is 0.507 e. The van der Waals surface area contributed by atoms with E-state index in [1.807, 2.05) is 50.2 Å². The van der Waals surface area contributed by atoms with Gasteiger partial charge >= 0.3 is 0 Å². The number of rotatable bonds is 4. The van der Waals surface area contributed by atoms with Crippen molar-refractivity contribution in [2.75, 3.05) is 0 Å². The Morgan fingerprint density at radius 1 is 1.10 bits per heavy atom. The van der Waals surface area contributed by atoms with Crippen molar-refractivity contribution in [3.8, 4) is 17.2 Å². The van der Waals surface area contributed by atoms with Crippen LogP contribution in [-0.4, -0.2) is 21.2 Å². The van der Waals surface area contributed by atoms with Crippen LogP contribution in [0, 0.1) is 24.0 Å². The van der Waals surface area contributed by atoms with E-state index in [2.05, 4.69) is 9.98 Å². The van der Waals surface area contributed by atoms with Crippen LogP contribution in [0.4, 0.5) is 11.4 Å². The zero-order valence-electron chi connectivity index (χ0n) is 15.8. The molecule has 0 atom stereocenters. The molecular formula is C22H17N3O4. The van der Waals surface area contributed by atoms with Crippen LogP contribution in [0.2, 0.25) is 0 Å². The lowest BCUT2D eigenvalue weighted by Crippen LogP contribution is -1.90. The number of hydrogen-bond donors (Lipinski definition) is 1. The molecule has 29 heavy (non-hydrogen) atoms. The quantitative estimate of drug-likeness (QED) is 0.284. The molecule has 0 amide bonds. The maximum absolute atomic E-state index is 11.0. The summed E-state index contributed by atoms with van der Waals surface area (Å²) >= 11 is 0. The third kappa shape index (κ3) is 3.70. The second-order valence-corrected chi connectivity index (χ2v) is 6.75. The van der Waals surface area contributed by atoms with Gasteiger partial charge < -0.3 is 9.52 Å². The van der Waals surface area contributed by atoms with Gasteiger partial charge in [0.05, 0.1) is 10.6 Å². The minimum atomic E-state index is -0.516. The van der Waals surface area contributed by atoms with E-state index in [-0.39, 0.29) is 17.0 Å². The van der Waals surface area contributed by atoms with Crippen LogP contribution in [0.25, 0.3) is 22.6 Å². The maximum atomic E-state index is 11.0. The molecule has 1 N–H and O–H groups in total. The Hall–Kier alpha value is -4.00. The summed E-state index contributed by atoms with van der Waals surface area (Å²) in [6, 6.07) is 15.3. The molecule has 7 nitrogen and oxygen atoms in total. The Kier molecular flexibility index (Phi) is 4.56. The number of nitro groups is 1. The second kappa shape index (κ2) is 7.20. The van der Waals surface area contributed by atoms with E-state index in [4.69, 9.17) is 4.42 Å². The van der Waals surface area contributed by atoms with Crippen LogP contribution >= 0.6 is 0 Å². The lowest BCUT2D eigenvalue weighted by Gasteiger charge is -2.03. The molecule has 3 aromatic carbocycles. The molecule has 4 aromatic rings. The molecule has 0 spiro atoms. The predicted molar refractivity (Wildman–Crippen MR) is 111 cm³/mol. The van der Waals surface area contributed by atoms with Gasteiger partial charge in [-0.05, 0) is 55.3 Å². The van der Waals surface area contributed by atoms with Crippen LogP contribution in [0.15, 0.2) is 64.0 Å². The van der Waals surface area contributed by atoms with Crippen molar-refractivity contribution < 1.29 is 14.4 Å². The predicted octanol–water partition coefficient (Wildman–Crippen LogP) is 5.48. The summed E-state index contributed by atoms with van der Waals surface area (Å²) < 4.78 is 5.88. The molecule has 1 aromatic heterocycles. The van der Waals surface area contributed by atoms with Crippen molar-refractivity contribution in [2.45, 2.75) is 13.8 Å². The van der Waals surface area contributed by atoms with Crippen molar-refractivity contribution >= 4 is 28.7 Å². The topological polar surface area (TPSA) is 102 Å². The molecule has 0 fully saturated rings. The molecule has 7 heteroatoms. The van der Waals surface area contributed by atoms with Gasteiger partial charge in [-0.25, -0.2) is 4.98 Å². The third-order valence-electron chi connectivity index (χ3n) is 4.56. The lowest BCUT2D eigenvalue weighted by atomic mass is 10.1. The Morgan fingerprint density at radius 2 is 1.93 bits per heavy atom. The number of oxazole rings is 1. The molecule has 0 radical (unpaired) electrons. The molecule has 0 aliphatic rings. The van der Waals surface area contributed by atoms with Crippen LogP contribution < -0.4 is 0 Å². The number of benzene rings is 3. The molecule has 144 valence electrons. The van der Waals surface area contributed by atoms with E-state index in [0.29, 0.717) is 17.2 Å². The van der Waals surface area contributed by atoms with Crippen molar-refractivity contribution in [1.82, 2.24) is 4.98 Å². The number of aliphatic imine (C=N–C) groups is 1. The summed E-state index contributed by atoms with van der Waals surface area (Å²) in [7, 11) is 0. The Morgan fingerprint density at radius 3 is 2.72 bits per heavy atom. The number of aryl methyl sites for hydroxylation is 2. The number of phenolic OH excluding ortho intramolecular Hbond substituents is 1. The monoisotopic (exact) mass is 387 g/mol. The summed E-state index contributed by atoms with van der Waals surface area (Å²) in [5.41, 5.74) is 5.04. The first-order valence-corrected chi connectivity index (χ1v) is 8.90. The van der Waals surface area contributed by atoms with Crippen molar-refractivity contribution in [2.24, 2.45) is 4.99 Å². The van der Waals surface area contributed by atoms with E-state index < -0.39 is 4.92 Å². The smallest absolute Gasteiger partial charge is 0.270 e. The first kappa shape index (κ1) is 18.4. The fourth-order valence-electron chi connectivity index (χ4n) is 2.93. The van der Waals surface area contributed by atoms with Crippen molar-refractivity contribution in [1.29, 1.82) is 0 Å². The number of hydrogen-bond acceptors (Lipinski definition) is 6. The van der Waals surface area contributed by atoms with E-state index >= 15 is 0 Å². The Balaban J connectivity index is 1.71. The number of aromatic nitrogens is 1. The van der Waals surface area contributed by atoms with Crippen LogP contribution in [0.3, 0.4) is 0 Å². The van der Waals surface area contributed by atoms with E-state index in [1.54, 1.807) is 0 Å². The summed E-state index contributed by atoms with van der Waals surface area (Å²) in [5.74, 6) is 0.405. The highest BCUT2D eigenvalue weighted by molar-refractivity contribution is 5.87. The normalized spacial score (nSPS) is 11.4. The number of nitro benzene ring substituents is 1. The van der Waals surface area contributed by atoms with Gasteiger partial charge in [-0.1, -0.05) is 12.1 Å². The van der Waals surface area contributed by atoms with Crippen molar-refractivity contribution in [3.63, 3.8) is 0 Å². The molecule has 1 heterocycles. The van der Waals surface area contributed by atoms with Gasteiger partial charge in [-0.2, -0.15) is 0 Å². The molecular weight excluding hydrogens is 370 g/mol. The molecule has 0 saturated carbocycles. The van der Waals surface area contributed by atoms with Crippen LogP contribution in [0.5, 0.6) is 5.75 Å². The van der Waals surface area contributed by atoms with Gasteiger partial charge in [-0.3, -0.25) is 15.1 Å². The maximum Gasteiger partial charge on any atom is 0.270 e. The van der Waals surface area contributed by atoms with E-state index in [9.17, 15) is 15.2 Å². The zero-order chi connectivity index (χ0) is 20.5. The number of nitrogens with zero attached hydrogens (tertiary/aromatic N) is 3. The van der Waals surface area contributed by atoms with Gasteiger partial charge in [0.2, 0.25) is 5.89 Å². The first-order valence-electron chi connectivity index (χ1n) is 8.90. The highest BCUT2D eigenvalue weighted by Crippen LogP contribution is 2.30. The van der Waals surface area contributed by atoms with Crippen molar-refractivity contribution in [3.05, 3.63) is 81.4 Å². The SMILES string of the molecule is Cc1ccc2nc(-c3ccc(C)c(N=Cc4cc([N+](=O)[O-])ccc4O)c3)oc2c1. The molecule has 0 aliphatic carbocycles. The molecule has 0 bridgehead atoms. The average Bonchev–Trinajstić information content (AvgIpc) is 3.11. The molecule has 0 unspecified atom stereocenters. The summed E-state index contributed by atoms with van der Waals surface area (Å²) in [6.45, 7) is 3.89. The van der Waals surface area contributed by atoms with Gasteiger partial charge in [0.1, 0.15) is 11.3 Å². The van der Waals surface area contributed by atoms with Gasteiger partial charge in [0, 0.05) is 29.5 Å². The van der Waals surface area contributed by atoms with Crippen LogP contribution in [-0.2, 0) is 0 Å². The Bertz CT molecular complexity index is 1270. The number of non-ortho nitro benzene ring substituents is 1. The summed E-state index contributed by atoms with van der Waals surface area (Å²) in [6.07, 6.45) is 1.41. The number of phenols is 1. The van der Waals surface area contributed by atoms with Gasteiger partial charge in [0.25, 0.3) is 5.69 Å². The third-order valence-corrected chi connectivity index (χ3v) is 4.56. The fraction of sp³-hybridized carbons (Fsp3) is 0.0909. The number of fused-ring (bicyclic) bond motifs is 1. The minimum absolute atomic E-state index is 0.0810. The first-order chi connectivity index (χ1) is 13.9. The fourth-order valence-corrected chi connectivity index (χ4v) is 2.93. The standard InChI is InChI=1S/C22H17N3O4/c1-13-3-7-18-21(9-13)29-22(24-18)15-5-4-14(2)19(11-15)23-12-16-10-17(25(27)28)6-8-20(16)26/h3-12,26H,1-2H3. The number of aromatic hydroxyl groups is 1. The lowest BCUT2D eigenvalue weighted by molar-refractivity contribution is -0.384. The van der Waals surface area contributed by atoms with Gasteiger partial charge in [-0.15, -0.1) is 0 Å². The second-order valence-electron chi connectivity index (χ2n) is 6.75. The highest BCUT2D eigenvalue weighted by atomic mass is 16.6. The zero-order valence-corrected chi connectivity index (χ0v) is 15.8. The highest BCUT2D eigenvalue weighted by Gasteiger charge is 2.11. The molecule has 0 saturated heterocycles. The molecule has 0 aliphatic heterocycles. The summed E-state index contributed by atoms with van der Waals surface area (Å²) in [5, 5.41) is 20.9.